The number of amides is 1. The van der Waals surface area contributed by atoms with Crippen molar-refractivity contribution in [2.75, 3.05) is 26.2 Å². The molecule has 0 bridgehead atoms. The summed E-state index contributed by atoms with van der Waals surface area (Å²) in [5, 5.41) is 3.37. The van der Waals surface area contributed by atoms with Crippen molar-refractivity contribution in [3.63, 3.8) is 0 Å². The van der Waals surface area contributed by atoms with Crippen LogP contribution in [0.25, 0.3) is 0 Å². The zero-order valence-corrected chi connectivity index (χ0v) is 14.8. The SMILES string of the molecule is O=C(N1C[C@H]2CNC[C@H]2C1)C1(c2cccc(C(F)(F)F)c2)CCCCC1. The third-order valence-corrected chi connectivity index (χ3v) is 6.54. The molecule has 4 rings (SSSR count). The number of rotatable bonds is 2. The molecular formula is C20H25F3N2O. The maximum absolute atomic E-state index is 13.5. The molecule has 0 spiro atoms. The molecule has 3 nitrogen and oxygen atoms in total. The average Bonchev–Trinajstić information content (AvgIpc) is 3.23. The van der Waals surface area contributed by atoms with Gasteiger partial charge in [0.1, 0.15) is 0 Å². The van der Waals surface area contributed by atoms with Gasteiger partial charge in [-0.05, 0) is 36.3 Å². The number of alkyl halides is 3. The fourth-order valence-corrected chi connectivity index (χ4v) is 5.10. The van der Waals surface area contributed by atoms with Gasteiger partial charge in [0.2, 0.25) is 5.91 Å². The fraction of sp³-hybridized carbons (Fsp3) is 0.650. The number of hydrogen-bond acceptors (Lipinski definition) is 2. The number of nitrogens with one attached hydrogen (secondary N) is 1. The van der Waals surface area contributed by atoms with Crippen molar-refractivity contribution in [3.8, 4) is 0 Å². The molecule has 1 aliphatic carbocycles. The van der Waals surface area contributed by atoms with Crippen LogP contribution < -0.4 is 5.32 Å². The number of nitrogens with zero attached hydrogens (tertiary/aromatic N) is 1. The third-order valence-electron chi connectivity index (χ3n) is 6.54. The molecule has 1 saturated carbocycles. The molecule has 0 aromatic heterocycles. The van der Waals surface area contributed by atoms with E-state index in [1.165, 1.54) is 12.1 Å². The molecule has 1 amide bonds. The summed E-state index contributed by atoms with van der Waals surface area (Å²) in [5.41, 5.74) is -0.895. The molecule has 1 aromatic carbocycles. The molecule has 2 aliphatic heterocycles. The van der Waals surface area contributed by atoms with E-state index in [0.29, 0.717) is 30.2 Å². The van der Waals surface area contributed by atoms with Crippen molar-refractivity contribution in [1.82, 2.24) is 10.2 Å². The van der Waals surface area contributed by atoms with Crippen molar-refractivity contribution in [1.29, 1.82) is 0 Å². The van der Waals surface area contributed by atoms with Crippen molar-refractivity contribution < 1.29 is 18.0 Å². The van der Waals surface area contributed by atoms with Crippen LogP contribution in [0.15, 0.2) is 24.3 Å². The van der Waals surface area contributed by atoms with Gasteiger partial charge < -0.3 is 10.2 Å². The second kappa shape index (κ2) is 6.55. The molecule has 2 saturated heterocycles. The minimum absolute atomic E-state index is 0.0472. The summed E-state index contributed by atoms with van der Waals surface area (Å²) >= 11 is 0. The predicted molar refractivity (Wildman–Crippen MR) is 92.6 cm³/mol. The van der Waals surface area contributed by atoms with E-state index in [1.54, 1.807) is 6.07 Å². The van der Waals surface area contributed by atoms with Gasteiger partial charge in [-0.2, -0.15) is 13.2 Å². The van der Waals surface area contributed by atoms with Gasteiger partial charge in [0.15, 0.2) is 0 Å². The molecule has 6 heteroatoms. The fourth-order valence-electron chi connectivity index (χ4n) is 5.10. The Hall–Kier alpha value is -1.56. The van der Waals surface area contributed by atoms with Crippen molar-refractivity contribution in [2.45, 2.75) is 43.7 Å². The van der Waals surface area contributed by atoms with Gasteiger partial charge in [-0.15, -0.1) is 0 Å². The number of halogens is 3. The molecule has 26 heavy (non-hydrogen) atoms. The molecule has 3 fully saturated rings. The summed E-state index contributed by atoms with van der Waals surface area (Å²) < 4.78 is 39.6. The zero-order chi connectivity index (χ0) is 18.4. The van der Waals surface area contributed by atoms with E-state index in [1.807, 2.05) is 4.90 Å². The normalized spacial score (nSPS) is 28.2. The van der Waals surface area contributed by atoms with E-state index in [9.17, 15) is 18.0 Å². The van der Waals surface area contributed by atoms with E-state index < -0.39 is 17.2 Å². The van der Waals surface area contributed by atoms with Gasteiger partial charge in [-0.25, -0.2) is 0 Å². The Morgan fingerprint density at radius 1 is 1.08 bits per heavy atom. The molecule has 2 atom stereocenters. The highest BCUT2D eigenvalue weighted by Gasteiger charge is 2.48. The summed E-state index contributed by atoms with van der Waals surface area (Å²) in [6, 6.07) is 5.47. The summed E-state index contributed by atoms with van der Waals surface area (Å²) in [6.07, 6.45) is -0.253. The molecule has 1 N–H and O–H groups in total. The minimum atomic E-state index is -4.38. The Kier molecular flexibility index (Phi) is 4.49. The first-order valence-electron chi connectivity index (χ1n) is 9.58. The lowest BCUT2D eigenvalue weighted by atomic mass is 9.68. The van der Waals surface area contributed by atoms with Crippen LogP contribution in [0.2, 0.25) is 0 Å². The van der Waals surface area contributed by atoms with E-state index in [0.717, 1.165) is 51.5 Å². The summed E-state index contributed by atoms with van der Waals surface area (Å²) in [4.78, 5) is 15.5. The Labute approximate surface area is 151 Å². The van der Waals surface area contributed by atoms with Crippen LogP contribution >= 0.6 is 0 Å². The number of carbonyl (C=O) groups excluding carboxylic acids is 1. The smallest absolute Gasteiger partial charge is 0.341 e. The van der Waals surface area contributed by atoms with Crippen LogP contribution in [0.5, 0.6) is 0 Å². The van der Waals surface area contributed by atoms with Gasteiger partial charge in [-0.3, -0.25) is 4.79 Å². The first-order valence-corrected chi connectivity index (χ1v) is 9.58. The van der Waals surface area contributed by atoms with Crippen LogP contribution in [0.3, 0.4) is 0 Å². The zero-order valence-electron chi connectivity index (χ0n) is 14.8. The highest BCUT2D eigenvalue weighted by atomic mass is 19.4. The maximum Gasteiger partial charge on any atom is 0.416 e. The van der Waals surface area contributed by atoms with Gasteiger partial charge in [0.25, 0.3) is 0 Å². The average molecular weight is 366 g/mol. The van der Waals surface area contributed by atoms with Crippen LogP contribution in [-0.4, -0.2) is 37.0 Å². The Morgan fingerprint density at radius 3 is 2.35 bits per heavy atom. The van der Waals surface area contributed by atoms with Crippen LogP contribution in [0.1, 0.15) is 43.2 Å². The van der Waals surface area contributed by atoms with Gasteiger partial charge >= 0.3 is 6.18 Å². The minimum Gasteiger partial charge on any atom is -0.341 e. The molecule has 2 heterocycles. The van der Waals surface area contributed by atoms with E-state index in [2.05, 4.69) is 5.32 Å². The molecule has 3 aliphatic rings. The van der Waals surface area contributed by atoms with Gasteiger partial charge in [0, 0.05) is 26.2 Å². The molecule has 0 unspecified atom stereocenters. The van der Waals surface area contributed by atoms with Crippen molar-refractivity contribution in [2.24, 2.45) is 11.8 Å². The summed E-state index contributed by atoms with van der Waals surface area (Å²) in [5.74, 6) is 1.02. The topological polar surface area (TPSA) is 32.3 Å². The number of benzene rings is 1. The molecular weight excluding hydrogens is 341 g/mol. The quantitative estimate of drug-likeness (QED) is 0.868. The number of fused-ring (bicyclic) bond motifs is 1. The second-order valence-corrected chi connectivity index (χ2v) is 8.11. The summed E-state index contributed by atoms with van der Waals surface area (Å²) in [6.45, 7) is 3.34. The maximum atomic E-state index is 13.5. The lowest BCUT2D eigenvalue weighted by Gasteiger charge is -2.39. The summed E-state index contributed by atoms with van der Waals surface area (Å²) in [7, 11) is 0. The lowest BCUT2D eigenvalue weighted by molar-refractivity contribution is -0.140. The van der Waals surface area contributed by atoms with Crippen LogP contribution in [0, 0.1) is 11.8 Å². The van der Waals surface area contributed by atoms with Crippen LogP contribution in [-0.2, 0) is 16.4 Å². The first kappa shape index (κ1) is 17.8. The number of hydrogen-bond donors (Lipinski definition) is 1. The van der Waals surface area contributed by atoms with E-state index >= 15 is 0 Å². The predicted octanol–water partition coefficient (Wildman–Crippen LogP) is 3.59. The molecule has 1 aromatic rings. The van der Waals surface area contributed by atoms with Gasteiger partial charge in [-0.1, -0.05) is 37.5 Å². The van der Waals surface area contributed by atoms with Crippen molar-refractivity contribution >= 4 is 5.91 Å². The van der Waals surface area contributed by atoms with Gasteiger partial charge in [0.05, 0.1) is 11.0 Å². The highest BCUT2D eigenvalue weighted by Crippen LogP contribution is 2.44. The third kappa shape index (κ3) is 3.02. The number of carbonyl (C=O) groups is 1. The highest BCUT2D eigenvalue weighted by molar-refractivity contribution is 5.88. The Bertz CT molecular complexity index is 670. The monoisotopic (exact) mass is 366 g/mol. The van der Waals surface area contributed by atoms with E-state index in [-0.39, 0.29) is 5.91 Å². The largest absolute Gasteiger partial charge is 0.416 e. The molecule has 142 valence electrons. The van der Waals surface area contributed by atoms with E-state index in [4.69, 9.17) is 0 Å². The van der Waals surface area contributed by atoms with Crippen molar-refractivity contribution in [3.05, 3.63) is 35.4 Å². The Morgan fingerprint density at radius 2 is 1.73 bits per heavy atom. The molecule has 0 radical (unpaired) electrons. The Balaban J connectivity index is 1.67. The number of likely N-dealkylation sites (tertiary alicyclic amines) is 1. The lowest BCUT2D eigenvalue weighted by Crippen LogP contribution is -2.48. The second-order valence-electron chi connectivity index (χ2n) is 8.11. The first-order chi connectivity index (χ1) is 12.4. The standard InChI is InChI=1S/C20H25F3N2O/c21-20(22,23)17-6-4-5-16(9-17)19(7-2-1-3-8-19)18(26)25-12-14-10-24-11-15(14)13-25/h4-6,9,14-15,24H,1-3,7-8,10-13H2/t14-,15+. The van der Waals surface area contributed by atoms with Crippen LogP contribution in [0.4, 0.5) is 13.2 Å².